The zero-order valence-electron chi connectivity index (χ0n) is 9.54. The molecule has 0 aliphatic heterocycles. The molecule has 1 aliphatic carbocycles. The number of rotatable bonds is 3. The highest BCUT2D eigenvalue weighted by molar-refractivity contribution is 5.65. The molecule has 0 aromatic heterocycles. The van der Waals surface area contributed by atoms with Gasteiger partial charge >= 0.3 is 6.18 Å². The van der Waals surface area contributed by atoms with Gasteiger partial charge in [-0.05, 0) is 31.0 Å². The summed E-state index contributed by atoms with van der Waals surface area (Å²) >= 11 is 0. The Hall–Kier alpha value is -1.90. The fraction of sp³-hybridized carbons (Fsp3) is 0.417. The van der Waals surface area contributed by atoms with Crippen LogP contribution in [0.25, 0.3) is 0 Å². The second kappa shape index (κ2) is 4.41. The highest BCUT2D eigenvalue weighted by Gasteiger charge is 2.38. The van der Waals surface area contributed by atoms with Crippen molar-refractivity contribution in [3.63, 3.8) is 0 Å². The summed E-state index contributed by atoms with van der Waals surface area (Å²) in [6, 6.07) is 6.18. The Kier molecular flexibility index (Phi) is 3.07. The zero-order valence-corrected chi connectivity index (χ0v) is 9.54. The number of hydrogen-bond donors (Lipinski definition) is 1. The van der Waals surface area contributed by atoms with Gasteiger partial charge < -0.3 is 10.6 Å². The quantitative estimate of drug-likeness (QED) is 0.845. The number of hydrogen-bond acceptors (Lipinski definition) is 3. The van der Waals surface area contributed by atoms with E-state index in [1.807, 2.05) is 6.07 Å². The summed E-state index contributed by atoms with van der Waals surface area (Å²) in [5, 5.41) is 8.98. The Bertz CT molecular complexity index is 486. The molecule has 6 heteroatoms. The Morgan fingerprint density at radius 3 is 2.56 bits per heavy atom. The first-order valence-electron chi connectivity index (χ1n) is 5.54. The van der Waals surface area contributed by atoms with Crippen molar-refractivity contribution in [2.75, 3.05) is 17.2 Å². The van der Waals surface area contributed by atoms with Crippen LogP contribution in [0, 0.1) is 11.3 Å². The molecule has 96 valence electrons. The third-order valence-electron chi connectivity index (χ3n) is 2.79. The van der Waals surface area contributed by atoms with Gasteiger partial charge in [-0.25, -0.2) is 0 Å². The number of nitrogens with two attached hydrogens (primary N) is 1. The second-order valence-electron chi connectivity index (χ2n) is 4.36. The number of halogens is 3. The summed E-state index contributed by atoms with van der Waals surface area (Å²) in [6.07, 6.45) is -2.83. The van der Waals surface area contributed by atoms with E-state index in [4.69, 9.17) is 11.0 Å². The molecule has 0 spiro atoms. The van der Waals surface area contributed by atoms with Crippen molar-refractivity contribution in [1.82, 2.24) is 0 Å². The molecule has 3 nitrogen and oxygen atoms in total. The maximum Gasteiger partial charge on any atom is 0.405 e. The van der Waals surface area contributed by atoms with E-state index >= 15 is 0 Å². The number of alkyl halides is 3. The first-order chi connectivity index (χ1) is 8.40. The minimum absolute atomic E-state index is 0.123. The highest BCUT2D eigenvalue weighted by atomic mass is 19.4. The van der Waals surface area contributed by atoms with Gasteiger partial charge in [0.25, 0.3) is 0 Å². The van der Waals surface area contributed by atoms with E-state index in [9.17, 15) is 13.2 Å². The van der Waals surface area contributed by atoms with Crippen molar-refractivity contribution in [3.05, 3.63) is 23.8 Å². The Balaban J connectivity index is 2.34. The molecular weight excluding hydrogens is 243 g/mol. The molecule has 0 bridgehead atoms. The van der Waals surface area contributed by atoms with Crippen molar-refractivity contribution >= 4 is 11.4 Å². The lowest BCUT2D eigenvalue weighted by Crippen LogP contribution is -2.36. The lowest BCUT2D eigenvalue weighted by molar-refractivity contribution is -0.120. The molecule has 0 amide bonds. The molecular formula is C12H12F3N3. The number of nitrogen functional groups attached to an aromatic ring is 1. The summed E-state index contributed by atoms with van der Waals surface area (Å²) in [4.78, 5) is 1.25. The topological polar surface area (TPSA) is 53.1 Å². The predicted octanol–water partition coefficient (Wildman–Crippen LogP) is 2.67. The second-order valence-corrected chi connectivity index (χ2v) is 4.36. The fourth-order valence-corrected chi connectivity index (χ4v) is 1.88. The van der Waals surface area contributed by atoms with Gasteiger partial charge in [0.05, 0.1) is 11.3 Å². The van der Waals surface area contributed by atoms with E-state index < -0.39 is 12.7 Å². The van der Waals surface area contributed by atoms with Gasteiger partial charge in [0.15, 0.2) is 0 Å². The number of anilines is 2. The van der Waals surface area contributed by atoms with Crippen LogP contribution >= 0.6 is 0 Å². The molecule has 1 aromatic rings. The Labute approximate surface area is 103 Å². The van der Waals surface area contributed by atoms with Crippen LogP contribution in [0.15, 0.2) is 18.2 Å². The number of nitrogens with zero attached hydrogens (tertiary/aromatic N) is 2. The number of benzene rings is 1. The summed E-state index contributed by atoms with van der Waals surface area (Å²) in [5.41, 5.74) is 6.40. The molecule has 1 aromatic carbocycles. The van der Waals surface area contributed by atoms with E-state index in [2.05, 4.69) is 0 Å². The van der Waals surface area contributed by atoms with Gasteiger partial charge in [-0.3, -0.25) is 0 Å². The molecule has 2 rings (SSSR count). The molecule has 1 aliphatic rings. The van der Waals surface area contributed by atoms with E-state index in [1.54, 1.807) is 0 Å². The Morgan fingerprint density at radius 1 is 1.39 bits per heavy atom. The van der Waals surface area contributed by atoms with Crippen molar-refractivity contribution in [1.29, 1.82) is 5.26 Å². The average molecular weight is 255 g/mol. The lowest BCUT2D eigenvalue weighted by Gasteiger charge is -2.26. The highest BCUT2D eigenvalue weighted by Crippen LogP contribution is 2.36. The van der Waals surface area contributed by atoms with Crippen molar-refractivity contribution < 1.29 is 13.2 Å². The minimum Gasteiger partial charge on any atom is -0.399 e. The third kappa shape index (κ3) is 2.86. The molecule has 0 heterocycles. The van der Waals surface area contributed by atoms with Gasteiger partial charge in [0.2, 0.25) is 0 Å². The smallest absolute Gasteiger partial charge is 0.399 e. The molecule has 0 atom stereocenters. The number of nitriles is 1. The SMILES string of the molecule is N#Cc1cc(N)ccc1N(CC(F)(F)F)C1CC1. The van der Waals surface area contributed by atoms with Crippen LogP contribution in [0.2, 0.25) is 0 Å². The third-order valence-corrected chi connectivity index (χ3v) is 2.79. The first kappa shape index (κ1) is 12.6. The van der Waals surface area contributed by atoms with Crippen LogP contribution in [0.1, 0.15) is 18.4 Å². The van der Waals surface area contributed by atoms with Crippen LogP contribution in [-0.4, -0.2) is 18.8 Å². The molecule has 0 radical (unpaired) electrons. The molecule has 0 unspecified atom stereocenters. The van der Waals surface area contributed by atoms with Crippen LogP contribution in [0.4, 0.5) is 24.5 Å². The summed E-state index contributed by atoms with van der Waals surface area (Å²) in [5.74, 6) is 0. The zero-order chi connectivity index (χ0) is 13.3. The molecule has 2 N–H and O–H groups in total. The maximum atomic E-state index is 12.5. The average Bonchev–Trinajstić information content (AvgIpc) is 3.08. The summed E-state index contributed by atoms with van der Waals surface area (Å²) in [6.45, 7) is -1.03. The first-order valence-corrected chi connectivity index (χ1v) is 5.54. The van der Waals surface area contributed by atoms with Gasteiger partial charge in [0, 0.05) is 11.7 Å². The van der Waals surface area contributed by atoms with Gasteiger partial charge in [-0.2, -0.15) is 18.4 Å². The lowest BCUT2D eigenvalue weighted by atomic mass is 10.1. The van der Waals surface area contributed by atoms with E-state index in [0.29, 0.717) is 11.4 Å². The maximum absolute atomic E-state index is 12.5. The van der Waals surface area contributed by atoms with Gasteiger partial charge in [-0.15, -0.1) is 0 Å². The van der Waals surface area contributed by atoms with Crippen molar-refractivity contribution in [3.8, 4) is 6.07 Å². The van der Waals surface area contributed by atoms with Crippen LogP contribution in [0.5, 0.6) is 0 Å². The molecule has 18 heavy (non-hydrogen) atoms. The predicted molar refractivity (Wildman–Crippen MR) is 62.0 cm³/mol. The monoisotopic (exact) mass is 255 g/mol. The normalized spacial score (nSPS) is 15.2. The Morgan fingerprint density at radius 2 is 2.06 bits per heavy atom. The van der Waals surface area contributed by atoms with Crippen LogP contribution in [0.3, 0.4) is 0 Å². The van der Waals surface area contributed by atoms with Crippen LogP contribution in [-0.2, 0) is 0 Å². The van der Waals surface area contributed by atoms with E-state index in [1.165, 1.54) is 23.1 Å². The fourth-order valence-electron chi connectivity index (χ4n) is 1.88. The van der Waals surface area contributed by atoms with E-state index in [0.717, 1.165) is 12.8 Å². The van der Waals surface area contributed by atoms with Crippen molar-refractivity contribution in [2.24, 2.45) is 0 Å². The van der Waals surface area contributed by atoms with Gasteiger partial charge in [0.1, 0.15) is 12.6 Å². The molecule has 1 fully saturated rings. The minimum atomic E-state index is -4.28. The molecule has 0 saturated heterocycles. The molecule has 1 saturated carbocycles. The summed E-state index contributed by atoms with van der Waals surface area (Å²) in [7, 11) is 0. The largest absolute Gasteiger partial charge is 0.405 e. The van der Waals surface area contributed by atoms with E-state index in [-0.39, 0.29) is 11.6 Å². The van der Waals surface area contributed by atoms with Crippen molar-refractivity contribution in [2.45, 2.75) is 25.1 Å². The summed E-state index contributed by atoms with van der Waals surface area (Å²) < 4.78 is 37.6. The standard InChI is InChI=1S/C12H12F3N3/c13-12(14,15)7-18(10-2-3-10)11-4-1-9(17)5-8(11)6-16/h1,4-5,10H,2-3,7,17H2. The van der Waals surface area contributed by atoms with Crippen LogP contribution < -0.4 is 10.6 Å². The van der Waals surface area contributed by atoms with Gasteiger partial charge in [-0.1, -0.05) is 0 Å².